The Kier molecular flexibility index (Phi) is 5.18. The summed E-state index contributed by atoms with van der Waals surface area (Å²) in [5.41, 5.74) is 1.19. The second kappa shape index (κ2) is 6.66. The van der Waals surface area contributed by atoms with Crippen molar-refractivity contribution in [3.63, 3.8) is 0 Å². The fourth-order valence-corrected chi connectivity index (χ4v) is 2.80. The molecule has 0 aliphatic rings. The van der Waals surface area contributed by atoms with E-state index < -0.39 is 0 Å². The van der Waals surface area contributed by atoms with Crippen molar-refractivity contribution in [1.29, 1.82) is 0 Å². The molecule has 0 saturated heterocycles. The van der Waals surface area contributed by atoms with Crippen LogP contribution < -0.4 is 5.32 Å². The van der Waals surface area contributed by atoms with Gasteiger partial charge in [0.05, 0.1) is 10.0 Å². The van der Waals surface area contributed by atoms with Gasteiger partial charge in [-0.15, -0.1) is 11.3 Å². The second-order valence-electron chi connectivity index (χ2n) is 4.15. The standard InChI is InChI=1S/C13H14BrClN2S/c1-9(13-17-4-5-18-13)7-16-8-10-2-3-11(14)12(15)6-10/h2-6,9,16H,7-8H2,1H3. The van der Waals surface area contributed by atoms with Crippen molar-refractivity contribution in [2.24, 2.45) is 0 Å². The van der Waals surface area contributed by atoms with E-state index in [9.17, 15) is 0 Å². The summed E-state index contributed by atoms with van der Waals surface area (Å²) < 4.78 is 0.934. The molecule has 2 nitrogen and oxygen atoms in total. The first-order valence-corrected chi connectivity index (χ1v) is 7.76. The lowest BCUT2D eigenvalue weighted by molar-refractivity contribution is 0.613. The summed E-state index contributed by atoms with van der Waals surface area (Å²) in [4.78, 5) is 4.32. The predicted octanol–water partition coefficient (Wildman–Crippen LogP) is 4.45. The first-order chi connectivity index (χ1) is 8.66. The molecule has 2 aromatic rings. The van der Waals surface area contributed by atoms with E-state index in [0.717, 1.165) is 22.6 Å². The number of benzene rings is 1. The van der Waals surface area contributed by atoms with Gasteiger partial charge in [0.2, 0.25) is 0 Å². The van der Waals surface area contributed by atoms with Crippen molar-refractivity contribution in [2.45, 2.75) is 19.4 Å². The Morgan fingerprint density at radius 3 is 3.00 bits per heavy atom. The quantitative estimate of drug-likeness (QED) is 0.866. The lowest BCUT2D eigenvalue weighted by atomic mass is 10.2. The normalized spacial score (nSPS) is 12.6. The van der Waals surface area contributed by atoms with Crippen LogP contribution >= 0.6 is 38.9 Å². The van der Waals surface area contributed by atoms with Gasteiger partial charge in [0.1, 0.15) is 0 Å². The summed E-state index contributed by atoms with van der Waals surface area (Å²) in [5.74, 6) is 0.441. The van der Waals surface area contributed by atoms with Crippen LogP contribution in [0.1, 0.15) is 23.4 Å². The molecule has 0 amide bonds. The number of halogens is 2. The third-order valence-electron chi connectivity index (χ3n) is 2.64. The Morgan fingerprint density at radius 1 is 1.50 bits per heavy atom. The number of nitrogens with one attached hydrogen (secondary N) is 1. The SMILES string of the molecule is CC(CNCc1ccc(Br)c(Cl)c1)c1nccs1. The molecule has 1 N–H and O–H groups in total. The maximum Gasteiger partial charge on any atom is 0.0965 e. The van der Waals surface area contributed by atoms with Crippen LogP contribution in [-0.2, 0) is 6.54 Å². The van der Waals surface area contributed by atoms with Gasteiger partial charge in [-0.25, -0.2) is 4.98 Å². The van der Waals surface area contributed by atoms with Crippen molar-refractivity contribution in [2.75, 3.05) is 6.54 Å². The molecule has 5 heteroatoms. The van der Waals surface area contributed by atoms with E-state index in [4.69, 9.17) is 11.6 Å². The maximum atomic E-state index is 6.05. The molecule has 1 atom stereocenters. The predicted molar refractivity (Wildman–Crippen MR) is 81.4 cm³/mol. The van der Waals surface area contributed by atoms with Crippen LogP contribution in [0.5, 0.6) is 0 Å². The molecule has 0 fully saturated rings. The van der Waals surface area contributed by atoms with Crippen LogP contribution in [0.25, 0.3) is 0 Å². The molecule has 0 aliphatic heterocycles. The topological polar surface area (TPSA) is 24.9 Å². The number of aromatic nitrogens is 1. The highest BCUT2D eigenvalue weighted by Gasteiger charge is 2.07. The summed E-state index contributed by atoms with van der Waals surface area (Å²) in [6.07, 6.45) is 1.85. The zero-order valence-electron chi connectivity index (χ0n) is 9.99. The molecule has 1 unspecified atom stereocenters. The minimum absolute atomic E-state index is 0.441. The highest BCUT2D eigenvalue weighted by Crippen LogP contribution is 2.23. The van der Waals surface area contributed by atoms with Crippen LogP contribution in [0.4, 0.5) is 0 Å². The zero-order valence-corrected chi connectivity index (χ0v) is 13.1. The van der Waals surface area contributed by atoms with E-state index >= 15 is 0 Å². The Hall–Kier alpha value is -0.420. The van der Waals surface area contributed by atoms with Crippen molar-refractivity contribution in [3.8, 4) is 0 Å². The van der Waals surface area contributed by atoms with Crippen LogP contribution in [0, 0.1) is 0 Å². The summed E-state index contributed by atoms with van der Waals surface area (Å²) in [6.45, 7) is 3.92. The highest BCUT2D eigenvalue weighted by atomic mass is 79.9. The second-order valence-corrected chi connectivity index (χ2v) is 6.34. The molecule has 0 bridgehead atoms. The van der Waals surface area contributed by atoms with Gasteiger partial charge >= 0.3 is 0 Å². The largest absolute Gasteiger partial charge is 0.312 e. The van der Waals surface area contributed by atoms with Crippen molar-refractivity contribution < 1.29 is 0 Å². The molecule has 0 radical (unpaired) electrons. The van der Waals surface area contributed by atoms with Crippen LogP contribution in [0.2, 0.25) is 5.02 Å². The summed E-state index contributed by atoms with van der Waals surface area (Å²) in [7, 11) is 0. The van der Waals surface area contributed by atoms with Crippen molar-refractivity contribution in [3.05, 3.63) is 49.8 Å². The molecule has 0 spiro atoms. The lowest BCUT2D eigenvalue weighted by Gasteiger charge is -2.10. The molecule has 1 heterocycles. The van der Waals surface area contributed by atoms with Gasteiger partial charge in [-0.3, -0.25) is 0 Å². The zero-order chi connectivity index (χ0) is 13.0. The van der Waals surface area contributed by atoms with Crippen LogP contribution in [0.15, 0.2) is 34.2 Å². The number of hydrogen-bond acceptors (Lipinski definition) is 3. The molecule has 0 aliphatic carbocycles. The molecule has 2 rings (SSSR count). The van der Waals surface area contributed by atoms with E-state index in [2.05, 4.69) is 39.2 Å². The molecule has 1 aromatic heterocycles. The smallest absolute Gasteiger partial charge is 0.0965 e. The fourth-order valence-electron chi connectivity index (χ4n) is 1.65. The minimum Gasteiger partial charge on any atom is -0.312 e. The minimum atomic E-state index is 0.441. The third kappa shape index (κ3) is 3.79. The van der Waals surface area contributed by atoms with Gasteiger partial charge in [0.25, 0.3) is 0 Å². The Balaban J connectivity index is 1.83. The summed E-state index contributed by atoms with van der Waals surface area (Å²) in [5, 5.41) is 7.37. The van der Waals surface area contributed by atoms with Gasteiger partial charge in [-0.2, -0.15) is 0 Å². The van der Waals surface area contributed by atoms with Crippen LogP contribution in [-0.4, -0.2) is 11.5 Å². The number of nitrogens with zero attached hydrogens (tertiary/aromatic N) is 1. The van der Waals surface area contributed by atoms with Gasteiger partial charge in [-0.05, 0) is 33.6 Å². The van der Waals surface area contributed by atoms with E-state index in [-0.39, 0.29) is 0 Å². The van der Waals surface area contributed by atoms with E-state index in [0.29, 0.717) is 5.92 Å². The number of hydrogen-bond donors (Lipinski definition) is 1. The number of thiazole rings is 1. The molecule has 18 heavy (non-hydrogen) atoms. The first kappa shape index (κ1) is 14.0. The van der Waals surface area contributed by atoms with Gasteiger partial charge < -0.3 is 5.32 Å². The Bertz CT molecular complexity index is 502. The van der Waals surface area contributed by atoms with Crippen molar-refractivity contribution in [1.82, 2.24) is 10.3 Å². The molecular formula is C13H14BrClN2S. The fraction of sp³-hybridized carbons (Fsp3) is 0.308. The first-order valence-electron chi connectivity index (χ1n) is 5.71. The average molecular weight is 346 g/mol. The average Bonchev–Trinajstić information content (AvgIpc) is 2.87. The molecule has 0 saturated carbocycles. The maximum absolute atomic E-state index is 6.05. The van der Waals surface area contributed by atoms with Gasteiger partial charge in [0, 0.05) is 35.1 Å². The van der Waals surface area contributed by atoms with E-state index in [1.807, 2.05) is 23.7 Å². The monoisotopic (exact) mass is 344 g/mol. The van der Waals surface area contributed by atoms with Crippen LogP contribution in [0.3, 0.4) is 0 Å². The lowest BCUT2D eigenvalue weighted by Crippen LogP contribution is -2.19. The Morgan fingerprint density at radius 2 is 2.33 bits per heavy atom. The third-order valence-corrected chi connectivity index (χ3v) is 4.88. The van der Waals surface area contributed by atoms with Gasteiger partial charge in [-0.1, -0.05) is 24.6 Å². The molecule has 1 aromatic carbocycles. The Labute approximate surface area is 125 Å². The number of rotatable bonds is 5. The summed E-state index contributed by atoms with van der Waals surface area (Å²) >= 11 is 11.1. The van der Waals surface area contributed by atoms with Gasteiger partial charge in [0.15, 0.2) is 0 Å². The van der Waals surface area contributed by atoms with Crippen molar-refractivity contribution >= 4 is 38.9 Å². The highest BCUT2D eigenvalue weighted by molar-refractivity contribution is 9.10. The molecule has 96 valence electrons. The molecular weight excluding hydrogens is 332 g/mol. The summed E-state index contributed by atoms with van der Waals surface area (Å²) in [6, 6.07) is 6.02. The van der Waals surface area contributed by atoms with E-state index in [1.54, 1.807) is 11.3 Å². The van der Waals surface area contributed by atoms with E-state index in [1.165, 1.54) is 10.6 Å².